The van der Waals surface area contributed by atoms with E-state index < -0.39 is 22.0 Å². The number of carbonyl (C=O) groups excluding carboxylic acids is 1. The van der Waals surface area contributed by atoms with Crippen LogP contribution in [0.25, 0.3) is 0 Å². The second-order valence-electron chi connectivity index (χ2n) is 6.02. The predicted octanol–water partition coefficient (Wildman–Crippen LogP) is 3.54. The first kappa shape index (κ1) is 21.8. The molecule has 9 heteroatoms. The van der Waals surface area contributed by atoms with E-state index in [1.165, 1.54) is 14.2 Å². The summed E-state index contributed by atoms with van der Waals surface area (Å²) >= 11 is 5.90. The third kappa shape index (κ3) is 5.08. The Hall–Kier alpha value is -2.45. The Morgan fingerprint density at radius 2 is 1.71 bits per heavy atom. The number of anilines is 2. The van der Waals surface area contributed by atoms with Gasteiger partial charge in [-0.15, -0.1) is 0 Å². The second kappa shape index (κ2) is 9.16. The highest BCUT2D eigenvalue weighted by molar-refractivity contribution is 7.92. The Labute approximate surface area is 170 Å². The third-order valence-electron chi connectivity index (χ3n) is 4.06. The predicted molar refractivity (Wildman–Crippen MR) is 111 cm³/mol. The molecule has 0 saturated carbocycles. The first-order valence-corrected chi connectivity index (χ1v) is 10.7. The summed E-state index contributed by atoms with van der Waals surface area (Å²) in [6.45, 7) is 1.74. The minimum Gasteiger partial charge on any atom is -0.493 e. The van der Waals surface area contributed by atoms with Crippen molar-refractivity contribution in [3.05, 3.63) is 47.5 Å². The Balaban J connectivity index is 2.35. The number of hydrogen-bond donors (Lipinski definition) is 1. The fourth-order valence-electron chi connectivity index (χ4n) is 2.79. The van der Waals surface area contributed by atoms with E-state index in [2.05, 4.69) is 5.32 Å². The monoisotopic (exact) mass is 426 g/mol. The molecule has 1 atom stereocenters. The molecule has 0 spiro atoms. The van der Waals surface area contributed by atoms with Crippen LogP contribution in [0, 0.1) is 0 Å². The third-order valence-corrected chi connectivity index (χ3v) is 5.49. The zero-order chi connectivity index (χ0) is 20.9. The standard InChI is InChI=1S/C19H23ClN2O5S/c1-5-16(22(28(4,24)25)15-9-6-13(20)7-10-15)19(23)21-14-8-11-17(26-2)18(12-14)27-3/h6-12,16H,5H2,1-4H3,(H,21,23)/t16-/m1/s1. The SMILES string of the molecule is CC[C@H](C(=O)Nc1ccc(OC)c(OC)c1)N(c1ccc(Cl)cc1)S(C)(=O)=O. The van der Waals surface area contributed by atoms with Crippen LogP contribution >= 0.6 is 11.6 Å². The molecule has 7 nitrogen and oxygen atoms in total. The summed E-state index contributed by atoms with van der Waals surface area (Å²) in [6, 6.07) is 10.3. The van der Waals surface area contributed by atoms with Gasteiger partial charge in [-0.3, -0.25) is 9.10 Å². The van der Waals surface area contributed by atoms with Crippen molar-refractivity contribution < 1.29 is 22.7 Å². The van der Waals surface area contributed by atoms with Crippen LogP contribution in [0.1, 0.15) is 13.3 Å². The van der Waals surface area contributed by atoms with Gasteiger partial charge in [0.15, 0.2) is 11.5 Å². The quantitative estimate of drug-likeness (QED) is 0.697. The lowest BCUT2D eigenvalue weighted by Crippen LogP contribution is -2.47. The van der Waals surface area contributed by atoms with Crippen molar-refractivity contribution in [2.75, 3.05) is 30.1 Å². The van der Waals surface area contributed by atoms with Gasteiger partial charge >= 0.3 is 0 Å². The number of sulfonamides is 1. The molecule has 0 aliphatic carbocycles. The van der Waals surface area contributed by atoms with Crippen molar-refractivity contribution in [1.29, 1.82) is 0 Å². The van der Waals surface area contributed by atoms with Crippen LogP contribution in [-0.2, 0) is 14.8 Å². The Morgan fingerprint density at radius 3 is 2.21 bits per heavy atom. The molecule has 0 aliphatic heterocycles. The number of nitrogens with one attached hydrogen (secondary N) is 1. The fraction of sp³-hybridized carbons (Fsp3) is 0.316. The average Bonchev–Trinajstić information content (AvgIpc) is 2.65. The molecule has 28 heavy (non-hydrogen) atoms. The Bertz CT molecular complexity index is 932. The van der Waals surface area contributed by atoms with Crippen molar-refractivity contribution in [2.24, 2.45) is 0 Å². The van der Waals surface area contributed by atoms with Crippen LogP contribution in [0.2, 0.25) is 5.02 Å². The number of benzene rings is 2. The summed E-state index contributed by atoms with van der Waals surface area (Å²) in [5, 5.41) is 3.22. The van der Waals surface area contributed by atoms with Gasteiger partial charge in [0.25, 0.3) is 0 Å². The zero-order valence-electron chi connectivity index (χ0n) is 16.1. The van der Waals surface area contributed by atoms with E-state index in [-0.39, 0.29) is 6.42 Å². The maximum absolute atomic E-state index is 12.9. The molecule has 0 bridgehead atoms. The molecule has 0 aliphatic rings. The number of nitrogens with zero attached hydrogens (tertiary/aromatic N) is 1. The molecule has 1 amide bonds. The molecular formula is C19H23ClN2O5S. The summed E-state index contributed by atoms with van der Waals surface area (Å²) in [7, 11) is -0.715. The van der Waals surface area contributed by atoms with Crippen LogP contribution in [0.3, 0.4) is 0 Å². The molecule has 0 aromatic heterocycles. The molecule has 0 radical (unpaired) electrons. The molecule has 2 aromatic rings. The van der Waals surface area contributed by atoms with Crippen LogP contribution < -0.4 is 19.1 Å². The topological polar surface area (TPSA) is 84.9 Å². The minimum atomic E-state index is -3.72. The largest absolute Gasteiger partial charge is 0.493 e. The van der Waals surface area contributed by atoms with Gasteiger partial charge < -0.3 is 14.8 Å². The van der Waals surface area contributed by atoms with Crippen molar-refractivity contribution >= 4 is 38.9 Å². The number of amides is 1. The zero-order valence-corrected chi connectivity index (χ0v) is 17.7. The van der Waals surface area contributed by atoms with Crippen molar-refractivity contribution in [3.63, 3.8) is 0 Å². The molecule has 2 aromatic carbocycles. The van der Waals surface area contributed by atoms with Crippen LogP contribution in [0.15, 0.2) is 42.5 Å². The fourth-order valence-corrected chi connectivity index (χ4v) is 4.13. The minimum absolute atomic E-state index is 0.273. The molecule has 0 heterocycles. The van der Waals surface area contributed by atoms with Crippen LogP contribution in [0.4, 0.5) is 11.4 Å². The van der Waals surface area contributed by atoms with E-state index >= 15 is 0 Å². The summed E-state index contributed by atoms with van der Waals surface area (Å²) in [6.07, 6.45) is 1.34. The lowest BCUT2D eigenvalue weighted by molar-refractivity contribution is -0.117. The van der Waals surface area contributed by atoms with E-state index in [0.29, 0.717) is 27.9 Å². The normalized spacial score (nSPS) is 12.2. The van der Waals surface area contributed by atoms with E-state index in [1.54, 1.807) is 49.4 Å². The van der Waals surface area contributed by atoms with Crippen molar-refractivity contribution in [2.45, 2.75) is 19.4 Å². The number of halogens is 1. The molecular weight excluding hydrogens is 404 g/mol. The smallest absolute Gasteiger partial charge is 0.248 e. The molecule has 0 fully saturated rings. The van der Waals surface area contributed by atoms with Gasteiger partial charge in [-0.25, -0.2) is 8.42 Å². The lowest BCUT2D eigenvalue weighted by atomic mass is 10.1. The Kier molecular flexibility index (Phi) is 7.15. The second-order valence-corrected chi connectivity index (χ2v) is 8.31. The van der Waals surface area contributed by atoms with E-state index in [9.17, 15) is 13.2 Å². The van der Waals surface area contributed by atoms with Crippen LogP contribution in [-0.4, -0.2) is 40.8 Å². The summed E-state index contributed by atoms with van der Waals surface area (Å²) in [4.78, 5) is 12.9. The van der Waals surface area contributed by atoms with E-state index in [4.69, 9.17) is 21.1 Å². The molecule has 152 valence electrons. The Morgan fingerprint density at radius 1 is 1.11 bits per heavy atom. The number of hydrogen-bond acceptors (Lipinski definition) is 5. The first-order valence-electron chi connectivity index (χ1n) is 8.49. The van der Waals surface area contributed by atoms with Gasteiger partial charge in [-0.2, -0.15) is 0 Å². The molecule has 1 N–H and O–H groups in total. The lowest BCUT2D eigenvalue weighted by Gasteiger charge is -2.30. The van der Waals surface area contributed by atoms with E-state index in [1.807, 2.05) is 0 Å². The molecule has 0 saturated heterocycles. The van der Waals surface area contributed by atoms with Gasteiger partial charge in [0, 0.05) is 16.8 Å². The number of ether oxygens (including phenoxy) is 2. The van der Waals surface area contributed by atoms with Gasteiger partial charge in [-0.05, 0) is 42.8 Å². The van der Waals surface area contributed by atoms with Gasteiger partial charge in [0.2, 0.25) is 15.9 Å². The summed E-state index contributed by atoms with van der Waals surface area (Å²) in [5.74, 6) is 0.507. The number of carbonyl (C=O) groups is 1. The van der Waals surface area contributed by atoms with Gasteiger partial charge in [0.05, 0.1) is 26.2 Å². The molecule has 2 rings (SSSR count). The summed E-state index contributed by atoms with van der Waals surface area (Å²) in [5.41, 5.74) is 0.826. The molecule has 0 unspecified atom stereocenters. The number of methoxy groups -OCH3 is 2. The van der Waals surface area contributed by atoms with Crippen molar-refractivity contribution in [1.82, 2.24) is 0 Å². The van der Waals surface area contributed by atoms with Crippen LogP contribution in [0.5, 0.6) is 11.5 Å². The maximum Gasteiger partial charge on any atom is 0.248 e. The highest BCUT2D eigenvalue weighted by Crippen LogP contribution is 2.30. The first-order chi connectivity index (χ1) is 13.2. The highest BCUT2D eigenvalue weighted by atomic mass is 35.5. The summed E-state index contributed by atoms with van der Waals surface area (Å²) < 4.78 is 36.4. The van der Waals surface area contributed by atoms with Gasteiger partial charge in [0.1, 0.15) is 6.04 Å². The van der Waals surface area contributed by atoms with Gasteiger partial charge in [-0.1, -0.05) is 18.5 Å². The average molecular weight is 427 g/mol. The number of rotatable bonds is 8. The van der Waals surface area contributed by atoms with E-state index in [0.717, 1.165) is 10.6 Å². The van der Waals surface area contributed by atoms with Crippen molar-refractivity contribution in [3.8, 4) is 11.5 Å². The highest BCUT2D eigenvalue weighted by Gasteiger charge is 2.31. The maximum atomic E-state index is 12.9.